The van der Waals surface area contributed by atoms with E-state index in [0.29, 0.717) is 23.6 Å². The van der Waals surface area contributed by atoms with Gasteiger partial charge in [-0.1, -0.05) is 13.3 Å². The van der Waals surface area contributed by atoms with E-state index in [9.17, 15) is 4.79 Å². The standard InChI is InChI=1S/C12H17NO4/c1-3-4-11(12(14)15)17-8-5-6-10(16-2)9(13)7-8/h5-7,11H,3-4,13H2,1-2H3,(H,14,15). The highest BCUT2D eigenvalue weighted by molar-refractivity contribution is 5.72. The van der Waals surface area contributed by atoms with Gasteiger partial charge in [-0.15, -0.1) is 0 Å². The number of anilines is 1. The maximum Gasteiger partial charge on any atom is 0.344 e. The number of benzene rings is 1. The Morgan fingerprint density at radius 3 is 2.71 bits per heavy atom. The van der Waals surface area contributed by atoms with Gasteiger partial charge in [-0.05, 0) is 18.6 Å². The van der Waals surface area contributed by atoms with Crippen molar-refractivity contribution in [2.45, 2.75) is 25.9 Å². The molecule has 0 aliphatic carbocycles. The van der Waals surface area contributed by atoms with Crippen molar-refractivity contribution in [2.24, 2.45) is 0 Å². The maximum absolute atomic E-state index is 10.9. The molecule has 0 saturated carbocycles. The van der Waals surface area contributed by atoms with E-state index in [1.54, 1.807) is 18.2 Å². The van der Waals surface area contributed by atoms with Crippen LogP contribution in [0.5, 0.6) is 11.5 Å². The zero-order chi connectivity index (χ0) is 12.8. The van der Waals surface area contributed by atoms with Gasteiger partial charge in [0.05, 0.1) is 12.8 Å². The summed E-state index contributed by atoms with van der Waals surface area (Å²) in [4.78, 5) is 10.9. The van der Waals surface area contributed by atoms with Crippen LogP contribution >= 0.6 is 0 Å². The lowest BCUT2D eigenvalue weighted by Gasteiger charge is -2.15. The van der Waals surface area contributed by atoms with E-state index >= 15 is 0 Å². The number of nitrogen functional groups attached to an aromatic ring is 1. The Morgan fingerprint density at radius 2 is 2.24 bits per heavy atom. The lowest BCUT2D eigenvalue weighted by Crippen LogP contribution is -2.26. The van der Waals surface area contributed by atoms with E-state index in [1.807, 2.05) is 6.92 Å². The van der Waals surface area contributed by atoms with Gasteiger partial charge in [0.2, 0.25) is 0 Å². The number of hydrogen-bond acceptors (Lipinski definition) is 4. The average molecular weight is 239 g/mol. The Morgan fingerprint density at radius 1 is 1.53 bits per heavy atom. The van der Waals surface area contributed by atoms with Gasteiger partial charge in [0.25, 0.3) is 0 Å². The molecule has 1 unspecified atom stereocenters. The van der Waals surface area contributed by atoms with Crippen LogP contribution in [0.15, 0.2) is 18.2 Å². The van der Waals surface area contributed by atoms with Gasteiger partial charge < -0.3 is 20.3 Å². The first-order valence-corrected chi connectivity index (χ1v) is 5.41. The van der Waals surface area contributed by atoms with Crippen LogP contribution in [0.3, 0.4) is 0 Å². The molecule has 1 atom stereocenters. The van der Waals surface area contributed by atoms with E-state index in [1.165, 1.54) is 7.11 Å². The molecule has 0 heterocycles. The van der Waals surface area contributed by atoms with Crippen LogP contribution in [0.1, 0.15) is 19.8 Å². The first-order chi connectivity index (χ1) is 8.08. The number of aliphatic carboxylic acids is 1. The predicted molar refractivity (Wildman–Crippen MR) is 64.4 cm³/mol. The van der Waals surface area contributed by atoms with Crippen molar-refractivity contribution < 1.29 is 19.4 Å². The molecule has 0 aliphatic heterocycles. The summed E-state index contributed by atoms with van der Waals surface area (Å²) in [7, 11) is 1.52. The van der Waals surface area contributed by atoms with E-state index in [2.05, 4.69) is 0 Å². The van der Waals surface area contributed by atoms with Crippen LogP contribution in [0.25, 0.3) is 0 Å². The van der Waals surface area contributed by atoms with Gasteiger partial charge in [-0.25, -0.2) is 4.79 Å². The molecule has 0 amide bonds. The van der Waals surface area contributed by atoms with Crippen LogP contribution in [0.2, 0.25) is 0 Å². The largest absolute Gasteiger partial charge is 0.495 e. The van der Waals surface area contributed by atoms with Crippen molar-refractivity contribution in [3.8, 4) is 11.5 Å². The average Bonchev–Trinajstić information content (AvgIpc) is 2.28. The fourth-order valence-electron chi connectivity index (χ4n) is 1.45. The zero-order valence-corrected chi connectivity index (χ0v) is 9.97. The van der Waals surface area contributed by atoms with E-state index in [4.69, 9.17) is 20.3 Å². The molecule has 0 aliphatic rings. The van der Waals surface area contributed by atoms with Gasteiger partial charge in [0, 0.05) is 6.07 Å². The number of carbonyl (C=O) groups is 1. The molecule has 1 rings (SSSR count). The van der Waals surface area contributed by atoms with Crippen molar-refractivity contribution in [3.05, 3.63) is 18.2 Å². The molecule has 94 valence electrons. The van der Waals surface area contributed by atoms with Gasteiger partial charge in [0.1, 0.15) is 11.5 Å². The molecule has 0 radical (unpaired) electrons. The Kier molecular flexibility index (Phi) is 4.63. The van der Waals surface area contributed by atoms with E-state index in [-0.39, 0.29) is 0 Å². The van der Waals surface area contributed by atoms with Crippen molar-refractivity contribution in [1.29, 1.82) is 0 Å². The summed E-state index contributed by atoms with van der Waals surface area (Å²) in [6.07, 6.45) is 0.358. The van der Waals surface area contributed by atoms with Crippen molar-refractivity contribution in [1.82, 2.24) is 0 Å². The third-order valence-electron chi connectivity index (χ3n) is 2.31. The number of rotatable bonds is 6. The second-order valence-corrected chi connectivity index (χ2v) is 3.64. The number of hydrogen-bond donors (Lipinski definition) is 2. The van der Waals surface area contributed by atoms with E-state index < -0.39 is 12.1 Å². The lowest BCUT2D eigenvalue weighted by atomic mass is 10.2. The third kappa shape index (κ3) is 3.55. The summed E-state index contributed by atoms with van der Waals surface area (Å²) in [6, 6.07) is 4.85. The molecule has 1 aromatic carbocycles. The maximum atomic E-state index is 10.9. The molecule has 0 fully saturated rings. The lowest BCUT2D eigenvalue weighted by molar-refractivity contribution is -0.145. The fraction of sp³-hybridized carbons (Fsp3) is 0.417. The minimum atomic E-state index is -0.971. The third-order valence-corrected chi connectivity index (χ3v) is 2.31. The van der Waals surface area contributed by atoms with Gasteiger partial charge in [0.15, 0.2) is 6.10 Å². The molecule has 1 aromatic rings. The predicted octanol–water partition coefficient (Wildman–Crippen LogP) is 1.91. The first-order valence-electron chi connectivity index (χ1n) is 5.41. The van der Waals surface area contributed by atoms with Crippen molar-refractivity contribution in [3.63, 3.8) is 0 Å². The Labute approximate surface area is 100 Å². The quantitative estimate of drug-likeness (QED) is 0.741. The smallest absolute Gasteiger partial charge is 0.344 e. The molecule has 5 nitrogen and oxygen atoms in total. The van der Waals surface area contributed by atoms with Gasteiger partial charge in [-0.3, -0.25) is 0 Å². The first kappa shape index (κ1) is 13.2. The molecule has 3 N–H and O–H groups in total. The molecule has 0 bridgehead atoms. The Hall–Kier alpha value is -1.91. The topological polar surface area (TPSA) is 81.8 Å². The van der Waals surface area contributed by atoms with Crippen LogP contribution in [0, 0.1) is 0 Å². The van der Waals surface area contributed by atoms with Crippen LogP contribution < -0.4 is 15.2 Å². The molecule has 0 spiro atoms. The van der Waals surface area contributed by atoms with Gasteiger partial charge in [-0.2, -0.15) is 0 Å². The molecule has 0 saturated heterocycles. The number of ether oxygens (including phenoxy) is 2. The molecule has 0 aromatic heterocycles. The SMILES string of the molecule is CCCC(Oc1ccc(OC)c(N)c1)C(=O)O. The minimum absolute atomic E-state index is 0.422. The molecule has 5 heteroatoms. The van der Waals surface area contributed by atoms with Crippen LogP contribution in [-0.2, 0) is 4.79 Å². The fourth-order valence-corrected chi connectivity index (χ4v) is 1.45. The van der Waals surface area contributed by atoms with Gasteiger partial charge >= 0.3 is 5.97 Å². The Balaban J connectivity index is 2.79. The van der Waals surface area contributed by atoms with E-state index in [0.717, 1.165) is 6.42 Å². The summed E-state index contributed by atoms with van der Waals surface area (Å²) in [5.74, 6) is 0.00473. The highest BCUT2D eigenvalue weighted by atomic mass is 16.5. The summed E-state index contributed by atoms with van der Waals surface area (Å²) >= 11 is 0. The second-order valence-electron chi connectivity index (χ2n) is 3.64. The minimum Gasteiger partial charge on any atom is -0.495 e. The summed E-state index contributed by atoms with van der Waals surface area (Å²) in [6.45, 7) is 1.90. The number of methoxy groups -OCH3 is 1. The molecular formula is C12H17NO4. The number of carboxylic acid groups (broad SMARTS) is 1. The monoisotopic (exact) mass is 239 g/mol. The highest BCUT2D eigenvalue weighted by Gasteiger charge is 2.18. The van der Waals surface area contributed by atoms with Crippen LogP contribution in [-0.4, -0.2) is 24.3 Å². The summed E-state index contributed by atoms with van der Waals surface area (Å²) < 4.78 is 10.4. The van der Waals surface area contributed by atoms with Crippen LogP contribution in [0.4, 0.5) is 5.69 Å². The highest BCUT2D eigenvalue weighted by Crippen LogP contribution is 2.27. The normalized spacial score (nSPS) is 11.9. The molecule has 17 heavy (non-hydrogen) atoms. The zero-order valence-electron chi connectivity index (χ0n) is 9.97. The number of carboxylic acids is 1. The summed E-state index contributed by atoms with van der Waals surface area (Å²) in [5, 5.41) is 8.95. The Bertz CT molecular complexity index is 392. The van der Waals surface area contributed by atoms with Crippen molar-refractivity contribution in [2.75, 3.05) is 12.8 Å². The van der Waals surface area contributed by atoms with Crippen molar-refractivity contribution >= 4 is 11.7 Å². The number of nitrogens with two attached hydrogens (primary N) is 1. The second kappa shape index (κ2) is 5.98. The molecular weight excluding hydrogens is 222 g/mol. The summed E-state index contributed by atoms with van der Waals surface area (Å²) in [5.41, 5.74) is 6.13.